The van der Waals surface area contributed by atoms with Crippen LogP contribution in [0.5, 0.6) is 0 Å². The molecule has 0 heterocycles. The van der Waals surface area contributed by atoms with Gasteiger partial charge in [0.15, 0.2) is 0 Å². The Morgan fingerprint density at radius 2 is 2.00 bits per heavy atom. The zero-order chi connectivity index (χ0) is 11.3. The molecule has 0 aliphatic rings. The standard InChI is InChI=1S/C12H16BrClS/c1-12(2,8-13)9-15-7-10-5-3-4-6-11(10)14/h3-6H,7-9H2,1-2H3. The highest BCUT2D eigenvalue weighted by atomic mass is 79.9. The molecule has 0 aromatic heterocycles. The van der Waals surface area contributed by atoms with E-state index in [-0.39, 0.29) is 0 Å². The molecule has 0 bridgehead atoms. The fourth-order valence-electron chi connectivity index (χ4n) is 1.09. The lowest BCUT2D eigenvalue weighted by Gasteiger charge is -2.20. The topological polar surface area (TPSA) is 0 Å². The Morgan fingerprint density at radius 1 is 1.33 bits per heavy atom. The van der Waals surface area contributed by atoms with Gasteiger partial charge in [0.1, 0.15) is 0 Å². The highest BCUT2D eigenvalue weighted by Crippen LogP contribution is 2.28. The van der Waals surface area contributed by atoms with Crippen LogP contribution in [0.4, 0.5) is 0 Å². The molecule has 3 heteroatoms. The van der Waals surface area contributed by atoms with Crippen molar-refractivity contribution in [3.05, 3.63) is 34.9 Å². The third-order valence-electron chi connectivity index (χ3n) is 2.07. The van der Waals surface area contributed by atoms with E-state index in [9.17, 15) is 0 Å². The lowest BCUT2D eigenvalue weighted by atomic mass is 10.0. The third-order valence-corrected chi connectivity index (χ3v) is 5.46. The first kappa shape index (κ1) is 13.4. The molecule has 0 radical (unpaired) electrons. The summed E-state index contributed by atoms with van der Waals surface area (Å²) < 4.78 is 0. The minimum absolute atomic E-state index is 0.353. The van der Waals surface area contributed by atoms with Crippen LogP contribution in [0.25, 0.3) is 0 Å². The monoisotopic (exact) mass is 306 g/mol. The van der Waals surface area contributed by atoms with Gasteiger partial charge in [-0.15, -0.1) is 0 Å². The molecule has 1 aromatic rings. The molecule has 0 nitrogen and oxygen atoms in total. The van der Waals surface area contributed by atoms with Crippen molar-refractivity contribution in [3.8, 4) is 0 Å². The summed E-state index contributed by atoms with van der Waals surface area (Å²) in [6, 6.07) is 8.06. The van der Waals surface area contributed by atoms with Gasteiger partial charge in [0, 0.05) is 16.1 Å². The van der Waals surface area contributed by atoms with E-state index in [1.165, 1.54) is 5.56 Å². The van der Waals surface area contributed by atoms with Crippen LogP contribution in [0.15, 0.2) is 24.3 Å². The first-order valence-corrected chi connectivity index (χ1v) is 7.58. The maximum Gasteiger partial charge on any atom is 0.0446 e. The Bertz CT molecular complexity index is 312. The van der Waals surface area contributed by atoms with E-state index in [2.05, 4.69) is 35.8 Å². The Balaban J connectivity index is 2.42. The van der Waals surface area contributed by atoms with Gasteiger partial charge in [-0.1, -0.05) is 59.6 Å². The van der Waals surface area contributed by atoms with Crippen molar-refractivity contribution in [3.63, 3.8) is 0 Å². The minimum atomic E-state index is 0.353. The summed E-state index contributed by atoms with van der Waals surface area (Å²) >= 11 is 11.6. The number of thioether (sulfide) groups is 1. The van der Waals surface area contributed by atoms with Crippen molar-refractivity contribution in [2.75, 3.05) is 11.1 Å². The van der Waals surface area contributed by atoms with Gasteiger partial charge in [-0.25, -0.2) is 0 Å². The summed E-state index contributed by atoms with van der Waals surface area (Å²) in [5, 5.41) is 1.91. The first-order chi connectivity index (χ1) is 7.05. The number of rotatable bonds is 5. The van der Waals surface area contributed by atoms with Gasteiger partial charge in [-0.3, -0.25) is 0 Å². The second kappa shape index (κ2) is 6.17. The number of halogens is 2. The van der Waals surface area contributed by atoms with Crippen LogP contribution in [0, 0.1) is 5.41 Å². The second-order valence-electron chi connectivity index (χ2n) is 4.38. The molecule has 0 saturated heterocycles. The molecule has 84 valence electrons. The van der Waals surface area contributed by atoms with Crippen LogP contribution in [0.1, 0.15) is 19.4 Å². The molecule has 0 amide bonds. The van der Waals surface area contributed by atoms with Crippen LogP contribution in [0.2, 0.25) is 5.02 Å². The molecule has 15 heavy (non-hydrogen) atoms. The van der Waals surface area contributed by atoms with Crippen LogP contribution in [0.3, 0.4) is 0 Å². The summed E-state index contributed by atoms with van der Waals surface area (Å²) in [5.41, 5.74) is 1.58. The van der Waals surface area contributed by atoms with Crippen molar-refractivity contribution >= 4 is 39.3 Å². The molecule has 0 unspecified atom stereocenters. The molecule has 0 aliphatic carbocycles. The zero-order valence-electron chi connectivity index (χ0n) is 9.09. The van der Waals surface area contributed by atoms with Gasteiger partial charge in [-0.05, 0) is 22.8 Å². The lowest BCUT2D eigenvalue weighted by molar-refractivity contribution is 0.496. The van der Waals surface area contributed by atoms with Crippen LogP contribution >= 0.6 is 39.3 Å². The second-order valence-corrected chi connectivity index (χ2v) is 6.34. The van der Waals surface area contributed by atoms with E-state index in [1.807, 2.05) is 30.0 Å². The lowest BCUT2D eigenvalue weighted by Crippen LogP contribution is -2.16. The van der Waals surface area contributed by atoms with E-state index < -0.39 is 0 Å². The van der Waals surface area contributed by atoms with E-state index >= 15 is 0 Å². The third kappa shape index (κ3) is 4.80. The minimum Gasteiger partial charge on any atom is -0.157 e. The summed E-state index contributed by atoms with van der Waals surface area (Å²) in [4.78, 5) is 0. The normalized spacial score (nSPS) is 11.7. The van der Waals surface area contributed by atoms with Crippen molar-refractivity contribution in [1.29, 1.82) is 0 Å². The fourth-order valence-corrected chi connectivity index (χ4v) is 3.06. The number of alkyl halides is 1. The number of hydrogen-bond donors (Lipinski definition) is 0. The highest BCUT2D eigenvalue weighted by molar-refractivity contribution is 9.09. The molecule has 0 atom stereocenters. The zero-order valence-corrected chi connectivity index (χ0v) is 12.3. The molecule has 1 rings (SSSR count). The summed E-state index contributed by atoms with van der Waals surface area (Å²) in [6.07, 6.45) is 0. The summed E-state index contributed by atoms with van der Waals surface area (Å²) in [5.74, 6) is 2.14. The van der Waals surface area contributed by atoms with Gasteiger partial charge < -0.3 is 0 Å². The average molecular weight is 308 g/mol. The quantitative estimate of drug-likeness (QED) is 0.690. The van der Waals surface area contributed by atoms with Crippen molar-refractivity contribution in [1.82, 2.24) is 0 Å². The van der Waals surface area contributed by atoms with Crippen LogP contribution in [-0.4, -0.2) is 11.1 Å². The first-order valence-electron chi connectivity index (χ1n) is 4.92. The molecule has 0 N–H and O–H groups in total. The Kier molecular flexibility index (Phi) is 5.51. The summed E-state index contributed by atoms with van der Waals surface area (Å²) in [6.45, 7) is 4.53. The van der Waals surface area contributed by atoms with Gasteiger partial charge in [0.2, 0.25) is 0 Å². The van der Waals surface area contributed by atoms with Crippen molar-refractivity contribution in [2.45, 2.75) is 19.6 Å². The largest absolute Gasteiger partial charge is 0.157 e. The number of benzene rings is 1. The molecular weight excluding hydrogens is 292 g/mol. The Morgan fingerprint density at radius 3 is 2.60 bits per heavy atom. The van der Waals surface area contributed by atoms with E-state index in [1.54, 1.807) is 0 Å². The predicted molar refractivity (Wildman–Crippen MR) is 75.2 cm³/mol. The van der Waals surface area contributed by atoms with Gasteiger partial charge >= 0.3 is 0 Å². The number of hydrogen-bond acceptors (Lipinski definition) is 1. The van der Waals surface area contributed by atoms with E-state index in [4.69, 9.17) is 11.6 Å². The van der Waals surface area contributed by atoms with E-state index in [0.29, 0.717) is 5.41 Å². The predicted octanol–water partition coefficient (Wildman–Crippen LogP) is 4.99. The Hall–Kier alpha value is 0.340. The van der Waals surface area contributed by atoms with Crippen LogP contribution < -0.4 is 0 Å². The molecule has 0 fully saturated rings. The fraction of sp³-hybridized carbons (Fsp3) is 0.500. The maximum atomic E-state index is 6.09. The van der Waals surface area contributed by atoms with Gasteiger partial charge in [0.05, 0.1) is 0 Å². The SMILES string of the molecule is CC(C)(CBr)CSCc1ccccc1Cl. The van der Waals surface area contributed by atoms with E-state index in [0.717, 1.165) is 21.9 Å². The van der Waals surface area contributed by atoms with Gasteiger partial charge in [0.25, 0.3) is 0 Å². The highest BCUT2D eigenvalue weighted by Gasteiger charge is 2.15. The molecule has 1 aromatic carbocycles. The van der Waals surface area contributed by atoms with Crippen molar-refractivity contribution < 1.29 is 0 Å². The molecule has 0 aliphatic heterocycles. The van der Waals surface area contributed by atoms with Crippen LogP contribution in [-0.2, 0) is 5.75 Å². The maximum absolute atomic E-state index is 6.09. The smallest absolute Gasteiger partial charge is 0.0446 e. The molecular formula is C12H16BrClS. The molecule has 0 spiro atoms. The Labute approximate surface area is 110 Å². The average Bonchev–Trinajstić information content (AvgIpc) is 2.21. The molecule has 0 saturated carbocycles. The van der Waals surface area contributed by atoms with Crippen molar-refractivity contribution in [2.24, 2.45) is 5.41 Å². The summed E-state index contributed by atoms with van der Waals surface area (Å²) in [7, 11) is 0. The van der Waals surface area contributed by atoms with Gasteiger partial charge in [-0.2, -0.15) is 11.8 Å².